The number of aryl methyl sites for hydroxylation is 2. The van der Waals surface area contributed by atoms with Crippen LogP contribution in [0.25, 0.3) is 0 Å². The van der Waals surface area contributed by atoms with Gasteiger partial charge in [0.2, 0.25) is 0 Å². The fourth-order valence-electron chi connectivity index (χ4n) is 2.05. The van der Waals surface area contributed by atoms with Gasteiger partial charge >= 0.3 is 0 Å². The lowest BCUT2D eigenvalue weighted by Gasteiger charge is -2.09. The molecule has 0 radical (unpaired) electrons. The number of pyridine rings is 1. The van der Waals surface area contributed by atoms with Gasteiger partial charge in [0.25, 0.3) is 0 Å². The summed E-state index contributed by atoms with van der Waals surface area (Å²) < 4.78 is 23.4. The smallest absolute Gasteiger partial charge is 0.193 e. The lowest BCUT2D eigenvalue weighted by Crippen LogP contribution is -2.23. The first-order valence-electron chi connectivity index (χ1n) is 7.05. The van der Waals surface area contributed by atoms with Crippen molar-refractivity contribution in [3.8, 4) is 0 Å². The molecule has 1 aromatic carbocycles. The Balaban J connectivity index is 0.00000288. The van der Waals surface area contributed by atoms with Crippen molar-refractivity contribution in [3.63, 3.8) is 0 Å². The van der Waals surface area contributed by atoms with E-state index in [9.17, 15) is 8.42 Å². The molecule has 0 amide bonds. The number of aliphatic imine (C=N–C) groups is 1. The number of benzene rings is 1. The summed E-state index contributed by atoms with van der Waals surface area (Å²) in [6.07, 6.45) is 2.68. The first-order valence-corrected chi connectivity index (χ1v) is 8.94. The summed E-state index contributed by atoms with van der Waals surface area (Å²) >= 11 is 0. The van der Waals surface area contributed by atoms with Gasteiger partial charge in [0.15, 0.2) is 15.8 Å². The van der Waals surface area contributed by atoms with Gasteiger partial charge in [0.05, 0.1) is 17.1 Å². The first-order chi connectivity index (χ1) is 10.8. The van der Waals surface area contributed by atoms with Gasteiger partial charge in [-0.25, -0.2) is 13.4 Å². The minimum absolute atomic E-state index is 0. The number of anilines is 1. The van der Waals surface area contributed by atoms with Crippen molar-refractivity contribution >= 4 is 45.5 Å². The minimum atomic E-state index is -3.34. The maximum atomic E-state index is 11.7. The van der Waals surface area contributed by atoms with Crippen LogP contribution in [-0.4, -0.2) is 25.6 Å². The molecular weight excluding hydrogens is 439 g/mol. The maximum absolute atomic E-state index is 11.7. The summed E-state index contributed by atoms with van der Waals surface area (Å²) in [5, 5.41) is 2.99. The summed E-state index contributed by atoms with van der Waals surface area (Å²) in [7, 11) is -3.34. The quantitative estimate of drug-likeness (QED) is 0.416. The topological polar surface area (TPSA) is 97.4 Å². The highest BCUT2D eigenvalue weighted by molar-refractivity contribution is 14.0. The molecule has 3 N–H and O–H groups in total. The Hall–Kier alpha value is -1.68. The highest BCUT2D eigenvalue weighted by Gasteiger charge is 2.13. The molecular formula is C16H21IN4O2S. The van der Waals surface area contributed by atoms with E-state index in [4.69, 9.17) is 5.73 Å². The van der Waals surface area contributed by atoms with Gasteiger partial charge in [-0.1, -0.05) is 6.07 Å². The molecule has 0 aliphatic rings. The molecule has 2 aromatic rings. The van der Waals surface area contributed by atoms with E-state index < -0.39 is 9.84 Å². The van der Waals surface area contributed by atoms with Crippen LogP contribution >= 0.6 is 24.0 Å². The molecule has 0 bridgehead atoms. The number of nitrogens with one attached hydrogen (secondary N) is 1. The number of rotatable bonds is 4. The summed E-state index contributed by atoms with van der Waals surface area (Å²) in [4.78, 5) is 8.42. The summed E-state index contributed by atoms with van der Waals surface area (Å²) in [6, 6.07) is 8.97. The van der Waals surface area contributed by atoms with Gasteiger partial charge in [-0.05, 0) is 49.2 Å². The van der Waals surface area contributed by atoms with E-state index in [-0.39, 0.29) is 41.4 Å². The van der Waals surface area contributed by atoms with Gasteiger partial charge in [0, 0.05) is 18.1 Å². The van der Waals surface area contributed by atoms with Crippen LogP contribution in [-0.2, 0) is 16.4 Å². The summed E-state index contributed by atoms with van der Waals surface area (Å²) in [6.45, 7) is 4.14. The van der Waals surface area contributed by atoms with Crippen LogP contribution in [0, 0.1) is 13.8 Å². The zero-order valence-electron chi connectivity index (χ0n) is 13.8. The van der Waals surface area contributed by atoms with E-state index in [2.05, 4.69) is 15.3 Å². The Bertz CT molecular complexity index is 851. The predicted octanol–water partition coefficient (Wildman–Crippen LogP) is 2.65. The number of sulfone groups is 1. The number of nitrogens with two attached hydrogens (primary N) is 1. The number of aromatic nitrogens is 1. The Kier molecular flexibility index (Phi) is 7.15. The highest BCUT2D eigenvalue weighted by Crippen LogP contribution is 2.15. The van der Waals surface area contributed by atoms with E-state index in [1.807, 2.05) is 32.0 Å². The molecule has 0 aliphatic carbocycles. The van der Waals surface area contributed by atoms with Gasteiger partial charge in [-0.2, -0.15) is 0 Å². The molecule has 0 saturated heterocycles. The van der Waals surface area contributed by atoms with E-state index in [1.54, 1.807) is 6.07 Å². The Morgan fingerprint density at radius 1 is 1.25 bits per heavy atom. The summed E-state index contributed by atoms with van der Waals surface area (Å²) in [5.74, 6) is 0.207. The third-order valence-electron chi connectivity index (χ3n) is 3.43. The Morgan fingerprint density at radius 2 is 1.96 bits per heavy atom. The minimum Gasteiger partial charge on any atom is -0.370 e. The van der Waals surface area contributed by atoms with Crippen molar-refractivity contribution in [2.45, 2.75) is 25.3 Å². The SMILES string of the molecule is Cc1ccc(NC(N)=NCc2ncccc2S(C)(=O)=O)cc1C.I. The number of nitrogens with zero attached hydrogens (tertiary/aromatic N) is 2. The Labute approximate surface area is 159 Å². The van der Waals surface area contributed by atoms with E-state index in [0.29, 0.717) is 5.69 Å². The van der Waals surface area contributed by atoms with Gasteiger partial charge in [0.1, 0.15) is 0 Å². The lowest BCUT2D eigenvalue weighted by atomic mass is 10.1. The summed E-state index contributed by atoms with van der Waals surface area (Å²) in [5.41, 5.74) is 9.41. The molecule has 0 atom stereocenters. The van der Waals surface area contributed by atoms with E-state index >= 15 is 0 Å². The number of hydrogen-bond acceptors (Lipinski definition) is 4. The van der Waals surface area contributed by atoms with Crippen LogP contribution in [0.4, 0.5) is 5.69 Å². The number of halogens is 1. The van der Waals surface area contributed by atoms with Gasteiger partial charge < -0.3 is 11.1 Å². The standard InChI is InChI=1S/C16H20N4O2S.HI/c1-11-6-7-13(9-12(11)2)20-16(17)19-10-14-15(23(3,21)22)5-4-8-18-14;/h4-9H,10H2,1-3H3,(H3,17,19,20);1H. The maximum Gasteiger partial charge on any atom is 0.193 e. The van der Waals surface area contributed by atoms with Crippen LogP contribution in [0.15, 0.2) is 46.4 Å². The number of guanidine groups is 1. The number of hydrogen-bond donors (Lipinski definition) is 2. The molecule has 130 valence electrons. The molecule has 2 rings (SSSR count). The van der Waals surface area contributed by atoms with Crippen molar-refractivity contribution in [1.29, 1.82) is 0 Å². The predicted molar refractivity (Wildman–Crippen MR) is 108 cm³/mol. The third kappa shape index (κ3) is 5.45. The second kappa shape index (κ2) is 8.43. The van der Waals surface area contributed by atoms with Gasteiger partial charge in [-0.3, -0.25) is 4.98 Å². The van der Waals surface area contributed by atoms with Crippen LogP contribution in [0.5, 0.6) is 0 Å². The van der Waals surface area contributed by atoms with Crippen LogP contribution in [0.3, 0.4) is 0 Å². The average molecular weight is 460 g/mol. The molecule has 1 aromatic heterocycles. The molecule has 0 unspecified atom stereocenters. The van der Waals surface area contributed by atoms with Crippen molar-refractivity contribution in [1.82, 2.24) is 4.98 Å². The van der Waals surface area contributed by atoms with Crippen molar-refractivity contribution in [2.75, 3.05) is 11.6 Å². The second-order valence-electron chi connectivity index (χ2n) is 5.35. The normalized spacial score (nSPS) is 11.7. The van der Waals surface area contributed by atoms with Gasteiger partial charge in [-0.15, -0.1) is 24.0 Å². The largest absolute Gasteiger partial charge is 0.370 e. The molecule has 1 heterocycles. The Morgan fingerprint density at radius 3 is 2.58 bits per heavy atom. The van der Waals surface area contributed by atoms with Crippen LogP contribution in [0.1, 0.15) is 16.8 Å². The molecule has 0 aliphatic heterocycles. The third-order valence-corrected chi connectivity index (χ3v) is 4.60. The van der Waals surface area contributed by atoms with Crippen LogP contribution in [0.2, 0.25) is 0 Å². The zero-order chi connectivity index (χ0) is 17.0. The average Bonchev–Trinajstić information content (AvgIpc) is 2.48. The fourth-order valence-corrected chi connectivity index (χ4v) is 2.92. The van der Waals surface area contributed by atoms with E-state index in [1.165, 1.54) is 17.8 Å². The van der Waals surface area contributed by atoms with E-state index in [0.717, 1.165) is 17.5 Å². The first kappa shape index (κ1) is 20.4. The molecule has 6 nitrogen and oxygen atoms in total. The van der Waals surface area contributed by atoms with Crippen molar-refractivity contribution in [3.05, 3.63) is 53.3 Å². The van der Waals surface area contributed by atoms with Crippen LogP contribution < -0.4 is 11.1 Å². The second-order valence-corrected chi connectivity index (χ2v) is 7.33. The zero-order valence-corrected chi connectivity index (χ0v) is 16.9. The monoisotopic (exact) mass is 460 g/mol. The van der Waals surface area contributed by atoms with Crippen molar-refractivity contribution < 1.29 is 8.42 Å². The molecule has 8 heteroatoms. The molecule has 0 spiro atoms. The lowest BCUT2D eigenvalue weighted by molar-refractivity contribution is 0.600. The fraction of sp³-hybridized carbons (Fsp3) is 0.250. The van der Waals surface area contributed by atoms with Crippen molar-refractivity contribution in [2.24, 2.45) is 10.7 Å². The molecule has 24 heavy (non-hydrogen) atoms. The highest BCUT2D eigenvalue weighted by atomic mass is 127. The molecule has 0 fully saturated rings. The molecule has 0 saturated carbocycles.